The van der Waals surface area contributed by atoms with E-state index in [0.717, 1.165) is 91.1 Å². The Morgan fingerprint density at radius 2 is 0.943 bits per heavy atom. The van der Waals surface area contributed by atoms with Crippen LogP contribution in [0.2, 0.25) is 0 Å². The maximum Gasteiger partial charge on any atom is 0.139 e. The van der Waals surface area contributed by atoms with Crippen LogP contribution in [0.3, 0.4) is 0 Å². The second-order valence-corrected chi connectivity index (χ2v) is 14.3. The van der Waals surface area contributed by atoms with Crippen molar-refractivity contribution in [3.05, 3.63) is 168 Å². The lowest BCUT2D eigenvalue weighted by atomic mass is 9.99. The third-order valence-electron chi connectivity index (χ3n) is 11.3. The Balaban J connectivity index is 0.933. The summed E-state index contributed by atoms with van der Waals surface area (Å²) in [5, 5.41) is 1.04. The molecule has 5 nitrogen and oxygen atoms in total. The van der Waals surface area contributed by atoms with Gasteiger partial charge >= 0.3 is 0 Å². The van der Waals surface area contributed by atoms with Gasteiger partial charge in [0.2, 0.25) is 0 Å². The standard InChI is InChI=1S/C48H30N4O/c1-3-13-33-27(9-1)23-30-11-5-17-37(43(30)33)47-49-39-19-7-15-35(45(39)51-47)29-21-22-41-32(25-29)26-42(53-41)36-16-8-20-40-46(36)52-48(50-40)38-18-6-12-31-24-28-10-2-4-14-34(28)44(31)38/h1-22,25-26H,23-24H2,(H,49,51)(H,50,52). The van der Waals surface area contributed by atoms with Gasteiger partial charge in [-0.1, -0.05) is 109 Å². The maximum atomic E-state index is 6.54. The molecule has 0 amide bonds. The summed E-state index contributed by atoms with van der Waals surface area (Å²) in [4.78, 5) is 17.7. The molecule has 12 rings (SSSR count). The van der Waals surface area contributed by atoms with Gasteiger partial charge in [-0.25, -0.2) is 9.97 Å². The molecular weight excluding hydrogens is 649 g/mol. The predicted octanol–water partition coefficient (Wildman–Crippen LogP) is 12.0. The van der Waals surface area contributed by atoms with Gasteiger partial charge in [0.05, 0.1) is 22.1 Å². The summed E-state index contributed by atoms with van der Waals surface area (Å²) in [6.07, 6.45) is 1.91. The molecule has 10 aromatic rings. The van der Waals surface area contributed by atoms with Crippen molar-refractivity contribution >= 4 is 33.0 Å². The fourth-order valence-corrected chi connectivity index (χ4v) is 8.88. The highest BCUT2D eigenvalue weighted by Crippen LogP contribution is 2.45. The van der Waals surface area contributed by atoms with Crippen LogP contribution in [0, 0.1) is 0 Å². The number of nitrogens with zero attached hydrogens (tertiary/aromatic N) is 2. The highest BCUT2D eigenvalue weighted by Gasteiger charge is 2.25. The van der Waals surface area contributed by atoms with Gasteiger partial charge < -0.3 is 14.4 Å². The predicted molar refractivity (Wildman–Crippen MR) is 214 cm³/mol. The summed E-state index contributed by atoms with van der Waals surface area (Å²) < 4.78 is 6.54. The Bertz CT molecular complexity index is 2970. The molecule has 0 saturated heterocycles. The summed E-state index contributed by atoms with van der Waals surface area (Å²) >= 11 is 0. The number of H-pyrrole nitrogens is 2. The van der Waals surface area contributed by atoms with E-state index in [2.05, 4.69) is 156 Å². The zero-order valence-electron chi connectivity index (χ0n) is 28.6. The molecule has 2 N–H and O–H groups in total. The molecule has 248 valence electrons. The fourth-order valence-electron chi connectivity index (χ4n) is 8.88. The van der Waals surface area contributed by atoms with E-state index in [1.165, 1.54) is 44.5 Å². The van der Waals surface area contributed by atoms with Crippen molar-refractivity contribution in [1.82, 2.24) is 19.9 Å². The number of furan rings is 1. The van der Waals surface area contributed by atoms with Gasteiger partial charge in [0.1, 0.15) is 23.0 Å². The summed E-state index contributed by atoms with van der Waals surface area (Å²) in [5.74, 6) is 2.57. The van der Waals surface area contributed by atoms with E-state index in [9.17, 15) is 0 Å². The normalized spacial score (nSPS) is 12.8. The Morgan fingerprint density at radius 1 is 0.434 bits per heavy atom. The summed E-state index contributed by atoms with van der Waals surface area (Å²) in [5.41, 5.74) is 20.8. The Kier molecular flexibility index (Phi) is 5.83. The number of fused-ring (bicyclic) bond motifs is 9. The molecule has 2 aliphatic rings. The van der Waals surface area contributed by atoms with Gasteiger partial charge in [0.25, 0.3) is 0 Å². The molecule has 0 spiro atoms. The zero-order valence-corrected chi connectivity index (χ0v) is 28.6. The van der Waals surface area contributed by atoms with Crippen molar-refractivity contribution in [2.45, 2.75) is 12.8 Å². The number of rotatable bonds is 4. The SMILES string of the molecule is c1ccc2c(c1)Cc1cccc(-c3nc4cccc(-c5ccc6oc(-c7cccc8nc(-c9cccc%10c9-c9ccccc9C%10)[nH]c78)cc6c5)c4[nH]3)c1-2. The second-order valence-electron chi connectivity index (χ2n) is 14.3. The van der Waals surface area contributed by atoms with Gasteiger partial charge in [0, 0.05) is 27.6 Å². The van der Waals surface area contributed by atoms with Crippen LogP contribution in [0.5, 0.6) is 0 Å². The first-order chi connectivity index (χ1) is 26.2. The van der Waals surface area contributed by atoms with Gasteiger partial charge in [-0.15, -0.1) is 0 Å². The number of aromatic nitrogens is 4. The lowest BCUT2D eigenvalue weighted by molar-refractivity contribution is 0.632. The molecule has 3 heterocycles. The quantitative estimate of drug-likeness (QED) is 0.195. The minimum absolute atomic E-state index is 0.807. The van der Waals surface area contributed by atoms with Crippen LogP contribution in [-0.2, 0) is 12.8 Å². The Hall–Kier alpha value is -6.98. The number of imidazole rings is 2. The van der Waals surface area contributed by atoms with Crippen LogP contribution in [0.4, 0.5) is 0 Å². The van der Waals surface area contributed by atoms with Crippen molar-refractivity contribution in [1.29, 1.82) is 0 Å². The summed E-state index contributed by atoms with van der Waals surface area (Å²) in [6, 6.07) is 51.7. The lowest BCUT2D eigenvalue weighted by Gasteiger charge is -2.07. The van der Waals surface area contributed by atoms with E-state index in [1.807, 2.05) is 0 Å². The van der Waals surface area contributed by atoms with Crippen LogP contribution >= 0.6 is 0 Å². The summed E-state index contributed by atoms with van der Waals surface area (Å²) in [6.45, 7) is 0. The molecule has 5 heteroatoms. The van der Waals surface area contributed by atoms with Crippen LogP contribution in [0.15, 0.2) is 150 Å². The van der Waals surface area contributed by atoms with Gasteiger partial charge in [-0.3, -0.25) is 0 Å². The van der Waals surface area contributed by atoms with E-state index < -0.39 is 0 Å². The number of nitrogens with one attached hydrogen (secondary N) is 2. The average molecular weight is 679 g/mol. The molecule has 3 aromatic heterocycles. The number of aromatic amines is 2. The van der Waals surface area contributed by atoms with Crippen LogP contribution in [0.1, 0.15) is 22.3 Å². The molecule has 53 heavy (non-hydrogen) atoms. The van der Waals surface area contributed by atoms with Crippen molar-refractivity contribution in [2.75, 3.05) is 0 Å². The number of para-hydroxylation sites is 2. The monoisotopic (exact) mass is 678 g/mol. The van der Waals surface area contributed by atoms with E-state index >= 15 is 0 Å². The first kappa shape index (κ1) is 28.7. The van der Waals surface area contributed by atoms with Crippen molar-refractivity contribution in [3.8, 4) is 67.5 Å². The van der Waals surface area contributed by atoms with Gasteiger partial charge in [-0.2, -0.15) is 0 Å². The van der Waals surface area contributed by atoms with Crippen molar-refractivity contribution < 1.29 is 4.42 Å². The van der Waals surface area contributed by atoms with E-state index in [-0.39, 0.29) is 0 Å². The van der Waals surface area contributed by atoms with Gasteiger partial charge in [-0.05, 0) is 99.3 Å². The Labute approximate surface area is 304 Å². The molecule has 0 fully saturated rings. The largest absolute Gasteiger partial charge is 0.456 e. The third-order valence-corrected chi connectivity index (χ3v) is 11.3. The number of hydrogen-bond acceptors (Lipinski definition) is 3. The molecule has 0 unspecified atom stereocenters. The first-order valence-electron chi connectivity index (χ1n) is 18.2. The molecular formula is C48H30N4O. The van der Waals surface area contributed by atoms with E-state index in [1.54, 1.807) is 0 Å². The topological polar surface area (TPSA) is 70.5 Å². The van der Waals surface area contributed by atoms with Crippen LogP contribution in [0.25, 0.3) is 101 Å². The summed E-state index contributed by atoms with van der Waals surface area (Å²) in [7, 11) is 0. The molecule has 7 aromatic carbocycles. The third kappa shape index (κ3) is 4.25. The minimum atomic E-state index is 0.807. The highest BCUT2D eigenvalue weighted by atomic mass is 16.3. The highest BCUT2D eigenvalue weighted by molar-refractivity contribution is 6.00. The zero-order chi connectivity index (χ0) is 34.6. The van der Waals surface area contributed by atoms with E-state index in [4.69, 9.17) is 14.4 Å². The smallest absolute Gasteiger partial charge is 0.139 e. The van der Waals surface area contributed by atoms with Crippen molar-refractivity contribution in [2.24, 2.45) is 0 Å². The second kappa shape index (κ2) is 10.8. The minimum Gasteiger partial charge on any atom is -0.456 e. The Morgan fingerprint density at radius 3 is 1.58 bits per heavy atom. The van der Waals surface area contributed by atoms with Gasteiger partial charge in [0.15, 0.2) is 0 Å². The molecule has 0 aliphatic heterocycles. The molecule has 0 bridgehead atoms. The van der Waals surface area contributed by atoms with Crippen LogP contribution in [-0.4, -0.2) is 19.9 Å². The number of hydrogen-bond donors (Lipinski definition) is 2. The van der Waals surface area contributed by atoms with E-state index in [0.29, 0.717) is 0 Å². The average Bonchev–Trinajstić information content (AvgIpc) is 4.04. The lowest BCUT2D eigenvalue weighted by Crippen LogP contribution is -1.87. The van der Waals surface area contributed by atoms with Crippen molar-refractivity contribution in [3.63, 3.8) is 0 Å². The van der Waals surface area contributed by atoms with Crippen LogP contribution < -0.4 is 0 Å². The molecule has 0 saturated carbocycles. The molecule has 0 atom stereocenters. The molecule has 2 aliphatic carbocycles. The maximum absolute atomic E-state index is 6.54. The fraction of sp³-hybridized carbons (Fsp3) is 0.0417. The number of benzene rings is 7. The molecule has 0 radical (unpaired) electrons. The first-order valence-corrected chi connectivity index (χ1v) is 18.2.